The van der Waals surface area contributed by atoms with Gasteiger partial charge in [0.1, 0.15) is 0 Å². The minimum Gasteiger partial charge on any atom is -0.454 e. The van der Waals surface area contributed by atoms with Gasteiger partial charge in [0.25, 0.3) is 0 Å². The quantitative estimate of drug-likeness (QED) is 0.857. The molecule has 7 heteroatoms. The number of rotatable bonds is 4. The molecule has 0 spiro atoms. The number of hydrogen-bond donors (Lipinski definition) is 0. The lowest BCUT2D eigenvalue weighted by atomic mass is 10.1. The topological polar surface area (TPSA) is 48.8 Å². The highest BCUT2D eigenvalue weighted by molar-refractivity contribution is 6.32. The van der Waals surface area contributed by atoms with Gasteiger partial charge in [0.2, 0.25) is 6.79 Å². The second-order valence-corrected chi connectivity index (χ2v) is 6.17. The van der Waals surface area contributed by atoms with Crippen LogP contribution in [0.25, 0.3) is 0 Å². The van der Waals surface area contributed by atoms with Crippen molar-refractivity contribution in [3.8, 4) is 11.5 Å². The Hall–Kier alpha value is -1.76. The third kappa shape index (κ3) is 3.29. The molecule has 0 radical (unpaired) electrons. The fourth-order valence-corrected chi connectivity index (χ4v) is 3.31. The fraction of sp³-hybridized carbons (Fsp3) is 0.438. The summed E-state index contributed by atoms with van der Waals surface area (Å²) in [6, 6.07) is 5.88. The lowest BCUT2D eigenvalue weighted by molar-refractivity contribution is -0.0402. The summed E-state index contributed by atoms with van der Waals surface area (Å²) >= 11 is 6.26. The van der Waals surface area contributed by atoms with Gasteiger partial charge in [-0.15, -0.1) is 0 Å². The first-order valence-corrected chi connectivity index (χ1v) is 8.05. The van der Waals surface area contributed by atoms with Gasteiger partial charge in [0, 0.05) is 32.0 Å². The van der Waals surface area contributed by atoms with E-state index in [1.54, 1.807) is 6.20 Å². The summed E-state index contributed by atoms with van der Waals surface area (Å²) in [7, 11) is 0. The van der Waals surface area contributed by atoms with Crippen molar-refractivity contribution >= 4 is 11.6 Å². The highest BCUT2D eigenvalue weighted by Crippen LogP contribution is 2.40. The Morgan fingerprint density at radius 1 is 1.30 bits per heavy atom. The van der Waals surface area contributed by atoms with Crippen molar-refractivity contribution in [2.75, 3.05) is 26.5 Å². The van der Waals surface area contributed by atoms with E-state index in [0.717, 1.165) is 44.1 Å². The maximum atomic E-state index is 6.26. The van der Waals surface area contributed by atoms with Gasteiger partial charge in [-0.2, -0.15) is 5.10 Å². The third-order valence-corrected chi connectivity index (χ3v) is 4.35. The summed E-state index contributed by atoms with van der Waals surface area (Å²) in [6.45, 7) is 4.32. The molecule has 3 heterocycles. The lowest BCUT2D eigenvalue weighted by Gasteiger charge is -2.33. The van der Waals surface area contributed by atoms with Crippen molar-refractivity contribution in [1.29, 1.82) is 0 Å². The molecule has 0 saturated carbocycles. The second-order valence-electron chi connectivity index (χ2n) is 5.77. The summed E-state index contributed by atoms with van der Waals surface area (Å²) in [5.41, 5.74) is 1.12. The first-order chi connectivity index (χ1) is 11.3. The zero-order valence-corrected chi connectivity index (χ0v) is 13.4. The van der Waals surface area contributed by atoms with Crippen molar-refractivity contribution in [3.05, 3.63) is 41.2 Å². The Morgan fingerprint density at radius 3 is 3.13 bits per heavy atom. The molecule has 1 saturated heterocycles. The molecule has 2 aliphatic rings. The Balaban J connectivity index is 1.41. The molecular weight excluding hydrogens is 318 g/mol. The van der Waals surface area contributed by atoms with Gasteiger partial charge in [-0.25, -0.2) is 0 Å². The molecule has 0 amide bonds. The number of ether oxygens (including phenoxy) is 3. The van der Waals surface area contributed by atoms with E-state index in [2.05, 4.69) is 10.00 Å². The zero-order valence-electron chi connectivity index (χ0n) is 12.7. The maximum Gasteiger partial charge on any atom is 0.231 e. The fourth-order valence-electron chi connectivity index (χ4n) is 3.02. The van der Waals surface area contributed by atoms with Crippen molar-refractivity contribution in [3.63, 3.8) is 0 Å². The van der Waals surface area contributed by atoms with Crippen LogP contribution in [0.3, 0.4) is 0 Å². The Labute approximate surface area is 139 Å². The van der Waals surface area contributed by atoms with Crippen molar-refractivity contribution in [2.45, 2.75) is 19.2 Å². The molecule has 0 bridgehead atoms. The SMILES string of the molecule is Clc1cc(CN2CCO[C@H](Cn3cccn3)C2)cc2c1OCO2. The smallest absolute Gasteiger partial charge is 0.231 e. The van der Waals surface area contributed by atoms with Crippen LogP contribution >= 0.6 is 11.6 Å². The Bertz CT molecular complexity index is 677. The van der Waals surface area contributed by atoms with Crippen LogP contribution in [-0.2, 0) is 17.8 Å². The molecule has 1 aromatic carbocycles. The van der Waals surface area contributed by atoms with Crippen molar-refractivity contribution < 1.29 is 14.2 Å². The van der Waals surface area contributed by atoms with Gasteiger partial charge in [-0.05, 0) is 23.8 Å². The first kappa shape index (κ1) is 14.8. The molecule has 0 aliphatic carbocycles. The van der Waals surface area contributed by atoms with E-state index in [4.69, 9.17) is 25.8 Å². The van der Waals surface area contributed by atoms with E-state index in [9.17, 15) is 0 Å². The van der Waals surface area contributed by atoms with E-state index < -0.39 is 0 Å². The molecule has 0 unspecified atom stereocenters. The molecule has 23 heavy (non-hydrogen) atoms. The number of nitrogens with zero attached hydrogens (tertiary/aromatic N) is 3. The van der Waals surface area contributed by atoms with Crippen molar-refractivity contribution in [2.24, 2.45) is 0 Å². The minimum atomic E-state index is 0.146. The van der Waals surface area contributed by atoms with Gasteiger partial charge >= 0.3 is 0 Å². The van der Waals surface area contributed by atoms with Crippen LogP contribution < -0.4 is 9.47 Å². The molecule has 1 fully saturated rings. The summed E-state index contributed by atoms with van der Waals surface area (Å²) < 4.78 is 18.5. The molecule has 6 nitrogen and oxygen atoms in total. The minimum absolute atomic E-state index is 0.146. The van der Waals surface area contributed by atoms with E-state index in [1.807, 2.05) is 29.1 Å². The average molecular weight is 336 g/mol. The van der Waals surface area contributed by atoms with Gasteiger partial charge in [-0.1, -0.05) is 11.6 Å². The molecule has 1 aromatic heterocycles. The van der Waals surface area contributed by atoms with Gasteiger partial charge in [-0.3, -0.25) is 9.58 Å². The van der Waals surface area contributed by atoms with E-state index >= 15 is 0 Å². The first-order valence-electron chi connectivity index (χ1n) is 7.67. The maximum absolute atomic E-state index is 6.26. The van der Waals surface area contributed by atoms with Gasteiger partial charge < -0.3 is 14.2 Å². The Kier molecular flexibility index (Phi) is 4.11. The van der Waals surface area contributed by atoms with Gasteiger partial charge in [0.15, 0.2) is 11.5 Å². The number of benzene rings is 1. The van der Waals surface area contributed by atoms with Crippen LogP contribution in [0.5, 0.6) is 11.5 Å². The van der Waals surface area contributed by atoms with E-state index in [0.29, 0.717) is 10.8 Å². The van der Waals surface area contributed by atoms with Crippen LogP contribution in [0.2, 0.25) is 5.02 Å². The highest BCUT2D eigenvalue weighted by atomic mass is 35.5. The van der Waals surface area contributed by atoms with Crippen LogP contribution in [0, 0.1) is 0 Å². The molecule has 122 valence electrons. The van der Waals surface area contributed by atoms with Crippen LogP contribution in [0.1, 0.15) is 5.56 Å². The molecule has 2 aliphatic heterocycles. The summed E-state index contributed by atoms with van der Waals surface area (Å²) in [5.74, 6) is 1.38. The summed E-state index contributed by atoms with van der Waals surface area (Å²) in [5, 5.41) is 4.85. The zero-order chi connectivity index (χ0) is 15.6. The molecule has 2 aromatic rings. The number of hydrogen-bond acceptors (Lipinski definition) is 5. The van der Waals surface area contributed by atoms with E-state index in [1.165, 1.54) is 0 Å². The molecular formula is C16H18ClN3O3. The number of morpholine rings is 1. The third-order valence-electron chi connectivity index (χ3n) is 4.07. The lowest BCUT2D eigenvalue weighted by Crippen LogP contribution is -2.43. The van der Waals surface area contributed by atoms with E-state index in [-0.39, 0.29) is 12.9 Å². The molecule has 0 N–H and O–H groups in total. The monoisotopic (exact) mass is 335 g/mol. The number of fused-ring (bicyclic) bond motifs is 1. The average Bonchev–Trinajstić information content (AvgIpc) is 3.19. The standard InChI is InChI=1S/C16H18ClN3O3/c17-14-6-12(7-15-16(14)23-11-22-15)8-19-4-5-21-13(9-19)10-20-3-1-2-18-20/h1-3,6-7,13H,4-5,8-11H2/t13-/m0/s1. The summed E-state index contributed by atoms with van der Waals surface area (Å²) in [4.78, 5) is 2.37. The number of halogens is 1. The van der Waals surface area contributed by atoms with Crippen molar-refractivity contribution in [1.82, 2.24) is 14.7 Å². The number of aromatic nitrogens is 2. The second kappa shape index (κ2) is 6.39. The summed E-state index contributed by atoms with van der Waals surface area (Å²) in [6.07, 6.45) is 3.89. The predicted octanol–water partition coefficient (Wildman–Crippen LogP) is 2.17. The van der Waals surface area contributed by atoms with Gasteiger partial charge in [0.05, 0.1) is 24.3 Å². The largest absolute Gasteiger partial charge is 0.454 e. The predicted molar refractivity (Wildman–Crippen MR) is 84.8 cm³/mol. The van der Waals surface area contributed by atoms with Crippen LogP contribution in [0.15, 0.2) is 30.6 Å². The molecule has 4 rings (SSSR count). The molecule has 1 atom stereocenters. The van der Waals surface area contributed by atoms with Crippen LogP contribution in [-0.4, -0.2) is 47.3 Å². The highest BCUT2D eigenvalue weighted by Gasteiger charge is 2.23. The van der Waals surface area contributed by atoms with Crippen LogP contribution in [0.4, 0.5) is 0 Å². The Morgan fingerprint density at radius 2 is 2.26 bits per heavy atom. The normalized spacial score (nSPS) is 20.8.